The summed E-state index contributed by atoms with van der Waals surface area (Å²) in [6, 6.07) is 15.4. The minimum absolute atomic E-state index is 0.0670. The van der Waals surface area contributed by atoms with Gasteiger partial charge in [0.1, 0.15) is 5.75 Å². The predicted molar refractivity (Wildman–Crippen MR) is 107 cm³/mol. The highest BCUT2D eigenvalue weighted by molar-refractivity contribution is 7.14. The van der Waals surface area contributed by atoms with Gasteiger partial charge in [0.05, 0.1) is 12.8 Å². The molecule has 3 aromatic rings. The quantitative estimate of drug-likeness (QED) is 0.675. The van der Waals surface area contributed by atoms with Crippen LogP contribution in [0.2, 0.25) is 0 Å². The van der Waals surface area contributed by atoms with Gasteiger partial charge in [-0.15, -0.1) is 11.3 Å². The number of carbonyl (C=O) groups excluding carboxylic acids is 1. The molecule has 0 aliphatic rings. The lowest BCUT2D eigenvalue weighted by Crippen LogP contribution is -2.14. The number of ether oxygens (including phenoxy) is 1. The second kappa shape index (κ2) is 7.30. The lowest BCUT2D eigenvalue weighted by Gasteiger charge is -2.18. The molecule has 0 fully saturated rings. The molecule has 26 heavy (non-hydrogen) atoms. The molecule has 1 aromatic heterocycles. The summed E-state index contributed by atoms with van der Waals surface area (Å²) in [5.41, 5.74) is 3.70. The molecule has 0 spiro atoms. The number of nitrogens with zero attached hydrogens (tertiary/aromatic N) is 1. The predicted octanol–water partition coefficient (Wildman–Crippen LogP) is 5.37. The molecule has 0 saturated carbocycles. The van der Waals surface area contributed by atoms with Crippen molar-refractivity contribution in [2.24, 2.45) is 0 Å². The highest BCUT2D eigenvalue weighted by Crippen LogP contribution is 2.27. The van der Waals surface area contributed by atoms with Gasteiger partial charge in [0.15, 0.2) is 5.13 Å². The van der Waals surface area contributed by atoms with Crippen molar-refractivity contribution in [1.82, 2.24) is 4.98 Å². The van der Waals surface area contributed by atoms with Crippen LogP contribution in [0.15, 0.2) is 53.9 Å². The smallest absolute Gasteiger partial charge is 0.257 e. The molecule has 2 aromatic carbocycles. The third-order valence-electron chi connectivity index (χ3n) is 4.12. The molecule has 0 aliphatic carbocycles. The number of hydrogen-bond donors (Lipinski definition) is 1. The van der Waals surface area contributed by atoms with Gasteiger partial charge in [0.2, 0.25) is 0 Å². The Bertz CT molecular complexity index is 891. The summed E-state index contributed by atoms with van der Waals surface area (Å²) in [7, 11) is 1.64. The molecule has 0 bridgehead atoms. The van der Waals surface area contributed by atoms with Crippen LogP contribution in [0.3, 0.4) is 0 Å². The Labute approximate surface area is 157 Å². The van der Waals surface area contributed by atoms with E-state index in [1.807, 2.05) is 53.9 Å². The Balaban J connectivity index is 1.71. The zero-order valence-corrected chi connectivity index (χ0v) is 16.2. The number of benzene rings is 2. The summed E-state index contributed by atoms with van der Waals surface area (Å²) >= 11 is 1.41. The largest absolute Gasteiger partial charge is 0.497 e. The van der Waals surface area contributed by atoms with E-state index in [0.29, 0.717) is 10.7 Å². The second-order valence-electron chi connectivity index (χ2n) is 7.05. The van der Waals surface area contributed by atoms with Crippen LogP contribution in [-0.4, -0.2) is 18.0 Å². The van der Waals surface area contributed by atoms with E-state index in [2.05, 4.69) is 31.1 Å². The lowest BCUT2D eigenvalue weighted by molar-refractivity contribution is 0.102. The molecule has 4 nitrogen and oxygen atoms in total. The van der Waals surface area contributed by atoms with Crippen molar-refractivity contribution in [2.45, 2.75) is 26.2 Å². The van der Waals surface area contributed by atoms with Crippen molar-refractivity contribution in [3.63, 3.8) is 0 Å². The van der Waals surface area contributed by atoms with Crippen LogP contribution in [0.1, 0.15) is 36.7 Å². The number of anilines is 1. The van der Waals surface area contributed by atoms with Crippen LogP contribution in [0.4, 0.5) is 5.13 Å². The molecule has 0 saturated heterocycles. The fourth-order valence-corrected chi connectivity index (χ4v) is 3.23. The minimum atomic E-state index is -0.152. The van der Waals surface area contributed by atoms with Gasteiger partial charge in [0.25, 0.3) is 5.91 Å². The first-order chi connectivity index (χ1) is 12.4. The summed E-state index contributed by atoms with van der Waals surface area (Å²) < 4.78 is 5.17. The average Bonchev–Trinajstić information content (AvgIpc) is 3.09. The lowest BCUT2D eigenvalue weighted by atomic mass is 9.87. The van der Waals surface area contributed by atoms with E-state index >= 15 is 0 Å². The van der Waals surface area contributed by atoms with Crippen molar-refractivity contribution in [3.05, 3.63) is 65.0 Å². The Morgan fingerprint density at radius 1 is 1.04 bits per heavy atom. The van der Waals surface area contributed by atoms with Gasteiger partial charge in [-0.3, -0.25) is 10.1 Å². The number of hydrogen-bond acceptors (Lipinski definition) is 4. The third-order valence-corrected chi connectivity index (χ3v) is 4.88. The van der Waals surface area contributed by atoms with E-state index in [-0.39, 0.29) is 11.3 Å². The van der Waals surface area contributed by atoms with Crippen molar-refractivity contribution >= 4 is 22.4 Å². The van der Waals surface area contributed by atoms with Gasteiger partial charge >= 0.3 is 0 Å². The number of methoxy groups -OCH3 is 1. The Morgan fingerprint density at radius 3 is 2.27 bits per heavy atom. The fraction of sp³-hybridized carbons (Fsp3) is 0.238. The van der Waals surface area contributed by atoms with Gasteiger partial charge in [0, 0.05) is 16.5 Å². The standard InChI is InChI=1S/C21H22N2O2S/c1-21(2,3)16-9-5-15(6-10-16)19(24)23-20-22-18(13-26-20)14-7-11-17(25-4)12-8-14/h5-13H,1-4H3,(H,22,23,24). The molecule has 134 valence electrons. The van der Waals surface area contributed by atoms with Crippen molar-refractivity contribution in [3.8, 4) is 17.0 Å². The molecule has 3 rings (SSSR count). The number of amides is 1. The molecule has 1 heterocycles. The van der Waals surface area contributed by atoms with E-state index in [0.717, 1.165) is 17.0 Å². The maximum Gasteiger partial charge on any atom is 0.257 e. The number of rotatable bonds is 4. The zero-order chi connectivity index (χ0) is 18.7. The summed E-state index contributed by atoms with van der Waals surface area (Å²) in [5.74, 6) is 0.650. The molecule has 1 N–H and O–H groups in total. The normalized spacial score (nSPS) is 11.2. The first-order valence-corrected chi connectivity index (χ1v) is 9.26. The molecule has 0 unspecified atom stereocenters. The van der Waals surface area contributed by atoms with E-state index in [4.69, 9.17) is 4.74 Å². The fourth-order valence-electron chi connectivity index (χ4n) is 2.52. The van der Waals surface area contributed by atoms with Crippen LogP contribution in [0, 0.1) is 0 Å². The SMILES string of the molecule is COc1ccc(-c2csc(NC(=O)c3ccc(C(C)(C)C)cc3)n2)cc1. The van der Waals surface area contributed by atoms with Gasteiger partial charge < -0.3 is 4.74 Å². The minimum Gasteiger partial charge on any atom is -0.497 e. The number of thiazole rings is 1. The van der Waals surface area contributed by atoms with Crippen LogP contribution < -0.4 is 10.1 Å². The summed E-state index contributed by atoms with van der Waals surface area (Å²) in [4.78, 5) is 16.9. The number of carbonyl (C=O) groups is 1. The van der Waals surface area contributed by atoms with Crippen LogP contribution in [0.5, 0.6) is 5.75 Å². The maximum absolute atomic E-state index is 12.4. The Hall–Kier alpha value is -2.66. The number of nitrogens with one attached hydrogen (secondary N) is 1. The van der Waals surface area contributed by atoms with E-state index in [9.17, 15) is 4.79 Å². The number of aromatic nitrogens is 1. The first-order valence-electron chi connectivity index (χ1n) is 8.38. The third kappa shape index (κ3) is 4.11. The van der Waals surface area contributed by atoms with Crippen molar-refractivity contribution in [2.75, 3.05) is 12.4 Å². The van der Waals surface area contributed by atoms with Gasteiger partial charge in [-0.1, -0.05) is 32.9 Å². The molecular formula is C21H22N2O2S. The Morgan fingerprint density at radius 2 is 1.69 bits per heavy atom. The first kappa shape index (κ1) is 18.1. The van der Waals surface area contributed by atoms with E-state index in [1.165, 1.54) is 16.9 Å². The monoisotopic (exact) mass is 366 g/mol. The maximum atomic E-state index is 12.4. The topological polar surface area (TPSA) is 51.2 Å². The van der Waals surface area contributed by atoms with Gasteiger partial charge in [-0.25, -0.2) is 4.98 Å². The van der Waals surface area contributed by atoms with Crippen LogP contribution in [-0.2, 0) is 5.41 Å². The molecule has 0 atom stereocenters. The molecule has 0 radical (unpaired) electrons. The second-order valence-corrected chi connectivity index (χ2v) is 7.91. The molecule has 0 aliphatic heterocycles. The highest BCUT2D eigenvalue weighted by Gasteiger charge is 2.15. The van der Waals surface area contributed by atoms with Gasteiger partial charge in [-0.05, 0) is 47.4 Å². The zero-order valence-electron chi connectivity index (χ0n) is 15.4. The summed E-state index contributed by atoms with van der Waals surface area (Å²) in [6.45, 7) is 6.45. The Kier molecular flexibility index (Phi) is 5.09. The van der Waals surface area contributed by atoms with E-state index < -0.39 is 0 Å². The average molecular weight is 366 g/mol. The van der Waals surface area contributed by atoms with E-state index in [1.54, 1.807) is 7.11 Å². The van der Waals surface area contributed by atoms with Crippen molar-refractivity contribution < 1.29 is 9.53 Å². The molecular weight excluding hydrogens is 344 g/mol. The molecule has 1 amide bonds. The van der Waals surface area contributed by atoms with Crippen molar-refractivity contribution in [1.29, 1.82) is 0 Å². The summed E-state index contributed by atoms with van der Waals surface area (Å²) in [5, 5.41) is 5.39. The van der Waals surface area contributed by atoms with Crippen LogP contribution >= 0.6 is 11.3 Å². The van der Waals surface area contributed by atoms with Gasteiger partial charge in [-0.2, -0.15) is 0 Å². The molecule has 5 heteroatoms. The summed E-state index contributed by atoms with van der Waals surface area (Å²) in [6.07, 6.45) is 0. The van der Waals surface area contributed by atoms with Crippen LogP contribution in [0.25, 0.3) is 11.3 Å². The highest BCUT2D eigenvalue weighted by atomic mass is 32.1.